The average molecular weight is 601 g/mol. The van der Waals surface area contributed by atoms with E-state index in [0.29, 0.717) is 19.8 Å². The van der Waals surface area contributed by atoms with Crippen LogP contribution in [0.4, 0.5) is 0 Å². The highest BCUT2D eigenvalue weighted by Crippen LogP contribution is 2.43. The predicted octanol–water partition coefficient (Wildman–Crippen LogP) is 6.99. The van der Waals surface area contributed by atoms with E-state index in [1.165, 1.54) is 38.9 Å². The van der Waals surface area contributed by atoms with E-state index >= 15 is 0 Å². The Morgan fingerprint density at radius 2 is 1.02 bits per heavy atom. The maximum Gasteiger partial charge on any atom is 0.126 e. The van der Waals surface area contributed by atoms with Crippen LogP contribution in [0.15, 0.2) is 48.5 Å². The van der Waals surface area contributed by atoms with Crippen molar-refractivity contribution in [2.45, 2.75) is 90.4 Å². The Hall–Kier alpha value is -3.06. The zero-order chi connectivity index (χ0) is 31.1. The highest BCUT2D eigenvalue weighted by atomic mass is 16.6. The van der Waals surface area contributed by atoms with Crippen LogP contribution in [0.3, 0.4) is 0 Å². The molecule has 3 heterocycles. The molecule has 3 fully saturated rings. The number of hydrogen-bond donors (Lipinski definition) is 0. The Kier molecular flexibility index (Phi) is 8.71. The Balaban J connectivity index is 1.34. The molecule has 3 saturated heterocycles. The maximum absolute atomic E-state index is 6.71. The van der Waals surface area contributed by atoms with Crippen molar-refractivity contribution in [3.8, 4) is 17.2 Å². The van der Waals surface area contributed by atoms with Crippen LogP contribution in [0, 0.1) is 20.8 Å². The van der Waals surface area contributed by atoms with Crippen LogP contribution in [0.25, 0.3) is 0 Å². The SMILES string of the molecule is Cc1ccc(OCC2CO2)c(CC(C)(C)c2cc(C)cc(CC(C)(C)c3cc(C)ccc3OCC3CO3)c2OCC2CO2)c1. The van der Waals surface area contributed by atoms with E-state index in [-0.39, 0.29) is 29.1 Å². The van der Waals surface area contributed by atoms with Crippen LogP contribution in [0.2, 0.25) is 0 Å². The van der Waals surface area contributed by atoms with E-state index in [1.807, 2.05) is 0 Å². The van der Waals surface area contributed by atoms with Gasteiger partial charge in [0.25, 0.3) is 0 Å². The third kappa shape index (κ3) is 7.77. The summed E-state index contributed by atoms with van der Waals surface area (Å²) in [5.41, 5.74) is 8.08. The molecule has 3 aliphatic rings. The second kappa shape index (κ2) is 12.4. The first-order chi connectivity index (χ1) is 21.0. The van der Waals surface area contributed by atoms with Crippen molar-refractivity contribution in [3.63, 3.8) is 0 Å². The molecule has 44 heavy (non-hydrogen) atoms. The molecule has 6 nitrogen and oxygen atoms in total. The third-order valence-corrected chi connectivity index (χ3v) is 8.85. The summed E-state index contributed by atoms with van der Waals surface area (Å²) in [4.78, 5) is 0. The van der Waals surface area contributed by atoms with Gasteiger partial charge in [0.1, 0.15) is 55.4 Å². The van der Waals surface area contributed by atoms with E-state index in [0.717, 1.165) is 49.9 Å². The average Bonchev–Trinajstić information content (AvgIpc) is 3.80. The van der Waals surface area contributed by atoms with Crippen LogP contribution < -0.4 is 14.2 Å². The van der Waals surface area contributed by atoms with Gasteiger partial charge in [-0.3, -0.25) is 0 Å². The summed E-state index contributed by atoms with van der Waals surface area (Å²) in [5.74, 6) is 2.85. The van der Waals surface area contributed by atoms with Gasteiger partial charge in [-0.05, 0) is 67.7 Å². The van der Waals surface area contributed by atoms with Gasteiger partial charge in [0, 0.05) is 11.1 Å². The predicted molar refractivity (Wildman–Crippen MR) is 173 cm³/mol. The lowest BCUT2D eigenvalue weighted by molar-refractivity contribution is 0.251. The molecule has 0 bridgehead atoms. The topological polar surface area (TPSA) is 65.3 Å². The van der Waals surface area contributed by atoms with Crippen molar-refractivity contribution >= 4 is 0 Å². The minimum absolute atomic E-state index is 0.163. The third-order valence-electron chi connectivity index (χ3n) is 8.85. The largest absolute Gasteiger partial charge is 0.491 e. The van der Waals surface area contributed by atoms with Gasteiger partial charge in [-0.25, -0.2) is 0 Å². The van der Waals surface area contributed by atoms with Gasteiger partial charge in [-0.2, -0.15) is 0 Å². The number of ether oxygens (including phenoxy) is 6. The molecular formula is C38H48O6. The normalized spacial score (nSPS) is 20.8. The molecule has 0 spiro atoms. The smallest absolute Gasteiger partial charge is 0.126 e. The Labute approximate surface area is 263 Å². The first kappa shape index (κ1) is 30.9. The number of aryl methyl sites for hydroxylation is 3. The first-order valence-corrected chi connectivity index (χ1v) is 16.0. The summed E-state index contributed by atoms with van der Waals surface area (Å²) in [6, 6.07) is 17.6. The van der Waals surface area contributed by atoms with Gasteiger partial charge in [0.2, 0.25) is 0 Å². The minimum atomic E-state index is -0.228. The molecule has 3 aliphatic heterocycles. The zero-order valence-corrected chi connectivity index (χ0v) is 27.5. The highest BCUT2D eigenvalue weighted by molar-refractivity contribution is 5.52. The second-order valence-electron chi connectivity index (χ2n) is 14.3. The van der Waals surface area contributed by atoms with E-state index in [4.69, 9.17) is 28.4 Å². The summed E-state index contributed by atoms with van der Waals surface area (Å²) in [7, 11) is 0. The van der Waals surface area contributed by atoms with E-state index in [1.54, 1.807) is 0 Å². The van der Waals surface area contributed by atoms with Gasteiger partial charge in [-0.15, -0.1) is 0 Å². The number of rotatable bonds is 15. The summed E-state index contributed by atoms with van der Waals surface area (Å²) in [6.07, 6.45) is 2.21. The number of epoxide rings is 3. The van der Waals surface area contributed by atoms with E-state index < -0.39 is 0 Å². The fourth-order valence-electron chi connectivity index (χ4n) is 6.12. The molecule has 3 aromatic rings. The van der Waals surface area contributed by atoms with Crippen LogP contribution in [0.5, 0.6) is 17.2 Å². The van der Waals surface area contributed by atoms with Gasteiger partial charge in [-0.1, -0.05) is 80.8 Å². The van der Waals surface area contributed by atoms with Crippen molar-refractivity contribution < 1.29 is 28.4 Å². The molecule has 0 N–H and O–H groups in total. The lowest BCUT2D eigenvalue weighted by Crippen LogP contribution is -2.26. The lowest BCUT2D eigenvalue weighted by atomic mass is 9.74. The Morgan fingerprint density at radius 3 is 1.64 bits per heavy atom. The second-order valence-corrected chi connectivity index (χ2v) is 14.3. The number of benzene rings is 3. The van der Waals surface area contributed by atoms with Crippen molar-refractivity contribution in [3.05, 3.63) is 87.5 Å². The Bertz CT molecular complexity index is 1480. The molecule has 0 saturated carbocycles. The molecule has 3 aromatic carbocycles. The van der Waals surface area contributed by atoms with Crippen LogP contribution in [-0.2, 0) is 37.9 Å². The molecule has 0 aromatic heterocycles. The molecule has 0 amide bonds. The summed E-state index contributed by atoms with van der Waals surface area (Å²) in [6.45, 7) is 19.8. The Morgan fingerprint density at radius 1 is 0.568 bits per heavy atom. The monoisotopic (exact) mass is 600 g/mol. The first-order valence-electron chi connectivity index (χ1n) is 16.0. The molecule has 236 valence electrons. The number of hydrogen-bond acceptors (Lipinski definition) is 6. The minimum Gasteiger partial charge on any atom is -0.491 e. The van der Waals surface area contributed by atoms with Crippen molar-refractivity contribution in [2.75, 3.05) is 39.6 Å². The van der Waals surface area contributed by atoms with Crippen LogP contribution >= 0.6 is 0 Å². The molecule has 3 unspecified atom stereocenters. The molecule has 6 rings (SSSR count). The summed E-state index contributed by atoms with van der Waals surface area (Å²) in [5, 5.41) is 0. The highest BCUT2D eigenvalue weighted by Gasteiger charge is 2.34. The van der Waals surface area contributed by atoms with E-state index in [9.17, 15) is 0 Å². The maximum atomic E-state index is 6.71. The standard InChI is InChI=1S/C38H48O6/c1-24-8-10-34(42-21-29-18-39-29)27(12-24)16-38(6,7)33-15-26(3)13-28(36(33)44-23-31-20-41-31)17-37(4,5)32-14-25(2)9-11-35(32)43-22-30-19-40-30/h8-15,29-31H,16-23H2,1-7H3. The fourth-order valence-corrected chi connectivity index (χ4v) is 6.12. The van der Waals surface area contributed by atoms with Crippen molar-refractivity contribution in [1.82, 2.24) is 0 Å². The molecule has 6 heteroatoms. The lowest BCUT2D eigenvalue weighted by Gasteiger charge is -2.33. The molecule has 0 aliphatic carbocycles. The van der Waals surface area contributed by atoms with Crippen molar-refractivity contribution in [2.24, 2.45) is 0 Å². The van der Waals surface area contributed by atoms with E-state index in [2.05, 4.69) is 97.0 Å². The zero-order valence-electron chi connectivity index (χ0n) is 27.5. The van der Waals surface area contributed by atoms with Gasteiger partial charge < -0.3 is 28.4 Å². The molecule has 0 radical (unpaired) electrons. The van der Waals surface area contributed by atoms with Crippen LogP contribution in [0.1, 0.15) is 66.6 Å². The van der Waals surface area contributed by atoms with Gasteiger partial charge >= 0.3 is 0 Å². The van der Waals surface area contributed by atoms with Gasteiger partial charge in [0.15, 0.2) is 0 Å². The fraction of sp³-hybridized carbons (Fsp3) is 0.526. The molecule has 3 atom stereocenters. The molecular weight excluding hydrogens is 552 g/mol. The van der Waals surface area contributed by atoms with Crippen molar-refractivity contribution in [1.29, 1.82) is 0 Å². The summed E-state index contributed by atoms with van der Waals surface area (Å²) < 4.78 is 35.6. The van der Waals surface area contributed by atoms with Crippen LogP contribution in [-0.4, -0.2) is 58.0 Å². The van der Waals surface area contributed by atoms with Gasteiger partial charge in [0.05, 0.1) is 19.8 Å². The summed E-state index contributed by atoms with van der Waals surface area (Å²) >= 11 is 0. The quantitative estimate of drug-likeness (QED) is 0.175.